The Hall–Kier alpha value is -1.70. The van der Waals surface area contributed by atoms with Crippen LogP contribution in [-0.2, 0) is 11.3 Å². The van der Waals surface area contributed by atoms with Gasteiger partial charge in [0.05, 0.1) is 23.6 Å². The minimum Gasteiger partial charge on any atom is -0.444 e. The molecule has 1 aliphatic rings. The predicted octanol–water partition coefficient (Wildman–Crippen LogP) is 5.35. The fourth-order valence-electron chi connectivity index (χ4n) is 3.14. The van der Waals surface area contributed by atoms with Crippen molar-refractivity contribution in [1.82, 2.24) is 14.9 Å². The third-order valence-electron chi connectivity index (χ3n) is 4.50. The molecule has 148 valence electrons. The van der Waals surface area contributed by atoms with Crippen LogP contribution >= 0.6 is 15.9 Å². The van der Waals surface area contributed by atoms with Crippen molar-refractivity contribution in [2.75, 3.05) is 0 Å². The molecule has 0 radical (unpaired) electrons. The summed E-state index contributed by atoms with van der Waals surface area (Å²) in [5.74, 6) is 0.634. The maximum Gasteiger partial charge on any atom is 0.408 e. The molecular weight excluding hydrogens is 420 g/mol. The highest BCUT2D eigenvalue weighted by molar-refractivity contribution is 9.10. The van der Waals surface area contributed by atoms with Crippen molar-refractivity contribution in [3.8, 4) is 0 Å². The topological polar surface area (TPSA) is 56.1 Å². The van der Waals surface area contributed by atoms with Gasteiger partial charge in [0.25, 0.3) is 6.43 Å². The van der Waals surface area contributed by atoms with E-state index in [2.05, 4.69) is 26.2 Å². The van der Waals surface area contributed by atoms with Gasteiger partial charge < -0.3 is 14.6 Å². The lowest BCUT2D eigenvalue weighted by molar-refractivity contribution is 0.0492. The molecular formula is C19H24BrF2N3O2. The number of alkyl halides is 2. The summed E-state index contributed by atoms with van der Waals surface area (Å²) < 4.78 is 34.3. The Balaban J connectivity index is 2.03. The molecule has 0 bridgehead atoms. The number of nitrogens with one attached hydrogen (secondary N) is 1. The number of alkyl carbamates (subject to hydrolysis) is 1. The largest absolute Gasteiger partial charge is 0.444 e. The Bertz CT molecular complexity index is 857. The second-order valence-electron chi connectivity index (χ2n) is 7.97. The van der Waals surface area contributed by atoms with Gasteiger partial charge in [-0.25, -0.2) is 18.6 Å². The molecule has 1 atom stereocenters. The van der Waals surface area contributed by atoms with Crippen LogP contribution in [0.5, 0.6) is 0 Å². The number of aromatic nitrogens is 2. The molecule has 27 heavy (non-hydrogen) atoms. The zero-order valence-corrected chi connectivity index (χ0v) is 17.4. The van der Waals surface area contributed by atoms with E-state index >= 15 is 0 Å². The number of carbonyl (C=O) groups is 1. The van der Waals surface area contributed by atoms with E-state index in [9.17, 15) is 13.6 Å². The van der Waals surface area contributed by atoms with Crippen LogP contribution in [0.1, 0.15) is 51.0 Å². The van der Waals surface area contributed by atoms with Gasteiger partial charge in [-0.1, -0.05) is 15.9 Å². The standard InChI is InChI=1S/C19H24BrF2N3O2/c1-10-12(20)7-8-13-15(10)23-17(25(13)9-14(21)22)16(11-5-6-11)24-18(26)27-19(2,3)4/h7-8,11,14,16H,5-6,9H2,1-4H3,(H,24,26)/t16-/m0/s1. The first kappa shape index (κ1) is 20.0. The van der Waals surface area contributed by atoms with Gasteiger partial charge >= 0.3 is 6.09 Å². The van der Waals surface area contributed by atoms with Crippen LogP contribution < -0.4 is 5.32 Å². The van der Waals surface area contributed by atoms with Gasteiger partial charge in [0.15, 0.2) is 0 Å². The van der Waals surface area contributed by atoms with Gasteiger partial charge in [-0.3, -0.25) is 0 Å². The average molecular weight is 444 g/mol. The van der Waals surface area contributed by atoms with Crippen LogP contribution in [0.3, 0.4) is 0 Å². The number of ether oxygens (including phenoxy) is 1. The fraction of sp³-hybridized carbons (Fsp3) is 0.579. The van der Waals surface area contributed by atoms with Crippen molar-refractivity contribution in [1.29, 1.82) is 0 Å². The summed E-state index contributed by atoms with van der Waals surface area (Å²) in [6.07, 6.45) is -1.25. The number of imidazole rings is 1. The van der Waals surface area contributed by atoms with Crippen molar-refractivity contribution in [2.45, 2.75) is 65.1 Å². The molecule has 1 aromatic heterocycles. The lowest BCUT2D eigenvalue weighted by Crippen LogP contribution is -2.37. The van der Waals surface area contributed by atoms with Crippen molar-refractivity contribution < 1.29 is 18.3 Å². The summed E-state index contributed by atoms with van der Waals surface area (Å²) in [6.45, 7) is 6.78. The number of nitrogens with zero attached hydrogens (tertiary/aromatic N) is 2. The van der Waals surface area contributed by atoms with Crippen molar-refractivity contribution >= 4 is 33.1 Å². The lowest BCUT2D eigenvalue weighted by atomic mass is 10.1. The van der Waals surface area contributed by atoms with Gasteiger partial charge in [-0.2, -0.15) is 0 Å². The summed E-state index contributed by atoms with van der Waals surface area (Å²) in [5, 5.41) is 2.86. The third-order valence-corrected chi connectivity index (χ3v) is 5.36. The number of hydrogen-bond acceptors (Lipinski definition) is 3. The fourth-order valence-corrected chi connectivity index (χ4v) is 3.46. The Morgan fingerprint density at radius 3 is 2.63 bits per heavy atom. The summed E-state index contributed by atoms with van der Waals surface area (Å²) in [6, 6.07) is 3.16. The van der Waals surface area contributed by atoms with E-state index in [0.717, 1.165) is 22.9 Å². The zero-order valence-electron chi connectivity index (χ0n) is 15.9. The summed E-state index contributed by atoms with van der Waals surface area (Å²) >= 11 is 3.47. The molecule has 0 spiro atoms. The van der Waals surface area contributed by atoms with Crippen LogP contribution in [-0.4, -0.2) is 27.7 Å². The van der Waals surface area contributed by atoms with Crippen molar-refractivity contribution in [3.63, 3.8) is 0 Å². The quantitative estimate of drug-likeness (QED) is 0.677. The number of aryl methyl sites for hydroxylation is 1. The summed E-state index contributed by atoms with van der Waals surface area (Å²) in [7, 11) is 0. The van der Waals surface area contributed by atoms with E-state index < -0.39 is 30.7 Å². The first-order chi connectivity index (χ1) is 12.6. The molecule has 1 aromatic carbocycles. The van der Waals surface area contributed by atoms with Crippen LogP contribution in [0, 0.1) is 12.8 Å². The molecule has 1 aliphatic carbocycles. The van der Waals surface area contributed by atoms with Crippen molar-refractivity contribution in [2.24, 2.45) is 5.92 Å². The van der Waals surface area contributed by atoms with Gasteiger partial charge in [0.2, 0.25) is 0 Å². The molecule has 1 amide bonds. The van der Waals surface area contributed by atoms with Gasteiger partial charge in [0.1, 0.15) is 11.4 Å². The molecule has 1 saturated carbocycles. The first-order valence-corrected chi connectivity index (χ1v) is 9.79. The van der Waals surface area contributed by atoms with Crippen LogP contribution in [0.4, 0.5) is 13.6 Å². The monoisotopic (exact) mass is 443 g/mol. The number of rotatable bonds is 5. The highest BCUT2D eigenvalue weighted by Gasteiger charge is 2.38. The first-order valence-electron chi connectivity index (χ1n) is 8.99. The molecule has 1 fully saturated rings. The van der Waals surface area contributed by atoms with Crippen molar-refractivity contribution in [3.05, 3.63) is 28.0 Å². The van der Waals surface area contributed by atoms with Gasteiger partial charge in [-0.05, 0) is 64.2 Å². The highest BCUT2D eigenvalue weighted by Crippen LogP contribution is 2.42. The molecule has 8 heteroatoms. The number of carbonyl (C=O) groups excluding carboxylic acids is 1. The second kappa shape index (κ2) is 7.37. The molecule has 1 heterocycles. The van der Waals surface area contributed by atoms with E-state index in [1.54, 1.807) is 26.8 Å². The molecule has 5 nitrogen and oxygen atoms in total. The molecule has 0 saturated heterocycles. The zero-order chi connectivity index (χ0) is 19.9. The summed E-state index contributed by atoms with van der Waals surface area (Å²) in [4.78, 5) is 17.0. The normalized spacial score (nSPS) is 16.0. The number of hydrogen-bond donors (Lipinski definition) is 1. The smallest absolute Gasteiger partial charge is 0.408 e. The van der Waals surface area contributed by atoms with Crippen LogP contribution in [0.25, 0.3) is 11.0 Å². The van der Waals surface area contributed by atoms with Crippen LogP contribution in [0.15, 0.2) is 16.6 Å². The maximum atomic E-state index is 13.3. The van der Waals surface area contributed by atoms with Gasteiger partial charge in [0, 0.05) is 4.47 Å². The molecule has 3 rings (SSSR count). The number of fused-ring (bicyclic) bond motifs is 1. The van der Waals surface area contributed by atoms with E-state index in [0.29, 0.717) is 16.9 Å². The van der Waals surface area contributed by atoms with E-state index in [1.807, 2.05) is 13.0 Å². The van der Waals surface area contributed by atoms with E-state index in [-0.39, 0.29) is 5.92 Å². The Kier molecular flexibility index (Phi) is 5.47. The summed E-state index contributed by atoms with van der Waals surface area (Å²) in [5.41, 5.74) is 1.55. The molecule has 0 unspecified atom stereocenters. The third kappa shape index (κ3) is 4.59. The maximum absolute atomic E-state index is 13.3. The number of halogens is 3. The average Bonchev–Trinajstić information content (AvgIpc) is 3.30. The molecule has 2 aromatic rings. The lowest BCUT2D eigenvalue weighted by Gasteiger charge is -2.24. The molecule has 1 N–H and O–H groups in total. The van der Waals surface area contributed by atoms with Crippen LogP contribution in [0.2, 0.25) is 0 Å². The number of benzene rings is 1. The minimum absolute atomic E-state index is 0.175. The Morgan fingerprint density at radius 1 is 1.41 bits per heavy atom. The van der Waals surface area contributed by atoms with Gasteiger partial charge in [-0.15, -0.1) is 0 Å². The minimum atomic E-state index is -2.52. The Labute approximate surface area is 165 Å². The van der Waals surface area contributed by atoms with E-state index in [4.69, 9.17) is 4.74 Å². The van der Waals surface area contributed by atoms with E-state index in [1.165, 1.54) is 4.57 Å². The Morgan fingerprint density at radius 2 is 2.07 bits per heavy atom. The number of amides is 1. The molecule has 0 aliphatic heterocycles. The predicted molar refractivity (Wildman–Crippen MR) is 103 cm³/mol. The SMILES string of the molecule is Cc1c(Br)ccc2c1nc([C@@H](NC(=O)OC(C)(C)C)C1CC1)n2CC(F)F. The highest BCUT2D eigenvalue weighted by atomic mass is 79.9. The second-order valence-corrected chi connectivity index (χ2v) is 8.83.